The highest BCUT2D eigenvalue weighted by atomic mass is 32.2. The molecule has 1 aliphatic rings. The third kappa shape index (κ3) is 10.4. The molecule has 1 aliphatic heterocycles. The van der Waals surface area contributed by atoms with E-state index in [-0.39, 0.29) is 22.4 Å². The highest BCUT2D eigenvalue weighted by Gasteiger charge is 2.36. The summed E-state index contributed by atoms with van der Waals surface area (Å²) in [6, 6.07) is 5.66. The van der Waals surface area contributed by atoms with E-state index in [0.29, 0.717) is 5.70 Å². The Bertz CT molecular complexity index is 1530. The Balaban J connectivity index is 0.000000930. The average molecular weight is 646 g/mol. The number of urea groups is 1. The van der Waals surface area contributed by atoms with E-state index >= 15 is 0 Å². The van der Waals surface area contributed by atoms with Crippen molar-refractivity contribution in [1.82, 2.24) is 14.9 Å². The summed E-state index contributed by atoms with van der Waals surface area (Å²) in [5, 5.41) is 21.7. The largest absolute Gasteiger partial charge is 0.415 e. The lowest BCUT2D eigenvalue weighted by Gasteiger charge is -2.35. The number of carbonyl (C=O) groups is 1. The van der Waals surface area contributed by atoms with Gasteiger partial charge < -0.3 is 10.1 Å². The van der Waals surface area contributed by atoms with Crippen molar-refractivity contribution >= 4 is 16.1 Å². The van der Waals surface area contributed by atoms with Gasteiger partial charge in [0.15, 0.2) is 0 Å². The number of alkyl halides is 6. The SMILES string of the molecule is C=C(/C=C\C)C(F)(F)F.C=C/C(=C\C)N1C(=O)N[C@H](c2ccc(C#N)cc2S(=O)(=O)NCCOCC(F)(F)F)C(C#N)=C1C. The zero-order chi connectivity index (χ0) is 33.9. The lowest BCUT2D eigenvalue weighted by atomic mass is 9.95. The first-order valence-corrected chi connectivity index (χ1v) is 13.9. The van der Waals surface area contributed by atoms with Crippen LogP contribution in [0, 0.1) is 22.7 Å². The Labute approximate surface area is 251 Å². The fourth-order valence-corrected chi connectivity index (χ4v) is 4.94. The summed E-state index contributed by atoms with van der Waals surface area (Å²) in [6.45, 7) is 8.56. The summed E-state index contributed by atoms with van der Waals surface area (Å²) in [5.41, 5.74) is -0.147. The van der Waals surface area contributed by atoms with Gasteiger partial charge in [-0.15, -0.1) is 0 Å². The summed E-state index contributed by atoms with van der Waals surface area (Å²) in [7, 11) is -4.38. The Kier molecular flexibility index (Phi) is 13.6. The topological polar surface area (TPSA) is 135 Å². The standard InChI is InChI=1S/C22H22F3N5O4S.C6H7F3/c1-4-16(5-2)30-14(3)18(12-27)20(29-21(30)31)17-7-6-15(11-26)10-19(17)35(32,33)28-8-9-34-13-22(23,24)25;1-3-4-5(2)6(7,8)9/h4-7,10,20,28H,1,8-9,13H2,2-3H3,(H,29,31);3-4H,2H2,1H3/b16-5+;4-3-/t20-;/m1./s1. The molecule has 0 spiro atoms. The number of hydrogen-bond donors (Lipinski definition) is 2. The number of nitrogens with one attached hydrogen (secondary N) is 2. The average Bonchev–Trinajstić information content (AvgIpc) is 2.93. The van der Waals surface area contributed by atoms with Gasteiger partial charge in [-0.2, -0.15) is 36.9 Å². The molecule has 1 aromatic carbocycles. The Morgan fingerprint density at radius 3 is 2.27 bits per heavy atom. The number of hydrogen-bond acceptors (Lipinski definition) is 6. The number of ether oxygens (including phenoxy) is 1. The Morgan fingerprint density at radius 1 is 1.18 bits per heavy atom. The molecule has 0 unspecified atom stereocenters. The van der Waals surface area contributed by atoms with Crippen LogP contribution in [0.2, 0.25) is 0 Å². The normalized spacial score (nSPS) is 16.1. The summed E-state index contributed by atoms with van der Waals surface area (Å²) >= 11 is 0. The second-order valence-electron chi connectivity index (χ2n) is 8.70. The van der Waals surface area contributed by atoms with Crippen molar-refractivity contribution in [2.45, 2.75) is 44.1 Å². The van der Waals surface area contributed by atoms with Gasteiger partial charge in [0.05, 0.1) is 40.8 Å². The van der Waals surface area contributed by atoms with Gasteiger partial charge in [-0.05, 0) is 44.5 Å². The van der Waals surface area contributed by atoms with Crippen LogP contribution in [0.25, 0.3) is 0 Å². The summed E-state index contributed by atoms with van der Waals surface area (Å²) in [4.78, 5) is 13.7. The highest BCUT2D eigenvalue weighted by Crippen LogP contribution is 2.35. The quantitative estimate of drug-likeness (QED) is 0.181. The van der Waals surface area contributed by atoms with Gasteiger partial charge in [0.25, 0.3) is 0 Å². The molecule has 2 rings (SSSR count). The molecule has 9 nitrogen and oxygen atoms in total. The van der Waals surface area contributed by atoms with E-state index in [9.17, 15) is 50.1 Å². The number of nitriles is 2. The van der Waals surface area contributed by atoms with Gasteiger partial charge in [-0.25, -0.2) is 17.9 Å². The molecular weight excluding hydrogens is 616 g/mol. The molecule has 2 N–H and O–H groups in total. The van der Waals surface area contributed by atoms with Crippen molar-refractivity contribution in [3.05, 3.63) is 89.3 Å². The molecule has 0 aromatic heterocycles. The summed E-state index contributed by atoms with van der Waals surface area (Å²) in [5.74, 6) is 0. The van der Waals surface area contributed by atoms with Gasteiger partial charge in [0.1, 0.15) is 6.61 Å². The smallest absolute Gasteiger partial charge is 0.371 e. The lowest BCUT2D eigenvalue weighted by molar-refractivity contribution is -0.173. The second-order valence-corrected chi connectivity index (χ2v) is 10.4. The Morgan fingerprint density at radius 2 is 1.82 bits per heavy atom. The van der Waals surface area contributed by atoms with E-state index in [1.165, 1.54) is 43.0 Å². The molecule has 16 heteroatoms. The lowest BCUT2D eigenvalue weighted by Crippen LogP contribution is -2.46. The molecule has 2 amide bonds. The van der Waals surface area contributed by atoms with E-state index in [1.54, 1.807) is 13.0 Å². The minimum Gasteiger partial charge on any atom is -0.371 e. The van der Waals surface area contributed by atoms with Gasteiger partial charge in [-0.1, -0.05) is 37.5 Å². The van der Waals surface area contributed by atoms with Crippen molar-refractivity contribution < 1.29 is 44.3 Å². The fraction of sp³-hybridized carbons (Fsp3) is 0.321. The maximum Gasteiger partial charge on any atom is 0.415 e. The molecule has 238 valence electrons. The van der Waals surface area contributed by atoms with E-state index in [2.05, 4.69) is 27.9 Å². The zero-order valence-corrected chi connectivity index (χ0v) is 24.6. The molecule has 0 radical (unpaired) electrons. The van der Waals surface area contributed by atoms with Crippen molar-refractivity contribution in [2.24, 2.45) is 0 Å². The minimum atomic E-state index is -4.56. The minimum absolute atomic E-state index is 0.00255. The molecule has 1 aromatic rings. The van der Waals surface area contributed by atoms with Gasteiger partial charge in [-0.3, -0.25) is 4.90 Å². The van der Waals surface area contributed by atoms with Crippen molar-refractivity contribution in [1.29, 1.82) is 10.5 Å². The number of sulfonamides is 1. The number of halogens is 6. The first-order valence-electron chi connectivity index (χ1n) is 12.5. The van der Waals surface area contributed by atoms with E-state index in [1.807, 2.05) is 12.1 Å². The Hall–Kier alpha value is -4.38. The van der Waals surface area contributed by atoms with Crippen molar-refractivity contribution in [3.8, 4) is 12.1 Å². The first-order chi connectivity index (χ1) is 20.4. The summed E-state index contributed by atoms with van der Waals surface area (Å²) < 4.78 is 104. The molecule has 0 saturated heterocycles. The fourth-order valence-electron chi connectivity index (χ4n) is 3.65. The molecule has 0 fully saturated rings. The van der Waals surface area contributed by atoms with Crippen LogP contribution in [0.15, 0.2) is 83.1 Å². The van der Waals surface area contributed by atoms with E-state index in [0.717, 1.165) is 12.1 Å². The number of carbonyl (C=O) groups excluding carboxylic acids is 1. The maximum absolute atomic E-state index is 13.0. The van der Waals surface area contributed by atoms with Gasteiger partial charge >= 0.3 is 18.4 Å². The van der Waals surface area contributed by atoms with Crippen molar-refractivity contribution in [2.75, 3.05) is 19.8 Å². The molecular formula is C28H29F6N5O4S. The molecule has 1 atom stereocenters. The molecule has 0 saturated carbocycles. The maximum atomic E-state index is 13.0. The number of benzene rings is 1. The second kappa shape index (κ2) is 15.9. The van der Waals surface area contributed by atoms with Crippen LogP contribution >= 0.6 is 0 Å². The highest BCUT2D eigenvalue weighted by molar-refractivity contribution is 7.89. The molecule has 44 heavy (non-hydrogen) atoms. The van der Waals surface area contributed by atoms with E-state index < -0.39 is 64.7 Å². The van der Waals surface area contributed by atoms with Crippen LogP contribution in [-0.2, 0) is 14.8 Å². The van der Waals surface area contributed by atoms with Crippen LogP contribution in [0.1, 0.15) is 37.9 Å². The van der Waals surface area contributed by atoms with Crippen LogP contribution < -0.4 is 10.0 Å². The van der Waals surface area contributed by atoms with Crippen LogP contribution in [-0.4, -0.2) is 51.5 Å². The van der Waals surface area contributed by atoms with Gasteiger partial charge in [0, 0.05) is 23.5 Å². The number of rotatable bonds is 10. The van der Waals surface area contributed by atoms with E-state index in [4.69, 9.17) is 0 Å². The number of allylic oxidation sites excluding steroid dienone is 6. The number of nitrogens with zero attached hydrogens (tertiary/aromatic N) is 3. The predicted molar refractivity (Wildman–Crippen MR) is 149 cm³/mol. The van der Waals surface area contributed by atoms with Gasteiger partial charge in [0.2, 0.25) is 10.0 Å². The zero-order valence-electron chi connectivity index (χ0n) is 23.8. The third-order valence-electron chi connectivity index (χ3n) is 5.65. The predicted octanol–water partition coefficient (Wildman–Crippen LogP) is 6.05. The first kappa shape index (κ1) is 37.6. The van der Waals surface area contributed by atoms with Crippen LogP contribution in [0.5, 0.6) is 0 Å². The molecule has 0 aliphatic carbocycles. The molecule has 0 bridgehead atoms. The summed E-state index contributed by atoms with van der Waals surface area (Å²) in [6.07, 6.45) is -3.58. The third-order valence-corrected chi connectivity index (χ3v) is 7.16. The van der Waals surface area contributed by atoms with Crippen LogP contribution in [0.3, 0.4) is 0 Å². The monoisotopic (exact) mass is 645 g/mol. The number of amides is 2. The molecule has 1 heterocycles. The van der Waals surface area contributed by atoms with Crippen molar-refractivity contribution in [3.63, 3.8) is 0 Å². The van der Waals surface area contributed by atoms with Crippen LogP contribution in [0.4, 0.5) is 31.1 Å².